The van der Waals surface area contributed by atoms with Gasteiger partial charge in [0.2, 0.25) is 0 Å². The zero-order valence-corrected chi connectivity index (χ0v) is 12.2. The molecule has 0 saturated heterocycles. The number of hydrogen-bond acceptors (Lipinski definition) is 4. The second-order valence-electron chi connectivity index (χ2n) is 4.53. The summed E-state index contributed by atoms with van der Waals surface area (Å²) in [7, 11) is 0. The average molecular weight is 274 g/mol. The molecule has 0 amide bonds. The quantitative estimate of drug-likeness (QED) is 0.864. The van der Waals surface area contributed by atoms with E-state index in [1.807, 2.05) is 51.1 Å². The molecule has 100 valence electrons. The van der Waals surface area contributed by atoms with E-state index < -0.39 is 0 Å². The van der Waals surface area contributed by atoms with Gasteiger partial charge in [-0.25, -0.2) is 9.97 Å². The van der Waals surface area contributed by atoms with Crippen molar-refractivity contribution in [3.05, 3.63) is 47.3 Å². The molecule has 2 aromatic rings. The van der Waals surface area contributed by atoms with Crippen molar-refractivity contribution in [3.63, 3.8) is 0 Å². The lowest BCUT2D eigenvalue weighted by atomic mass is 10.1. The highest BCUT2D eigenvalue weighted by Crippen LogP contribution is 2.27. The van der Waals surface area contributed by atoms with Crippen molar-refractivity contribution in [1.82, 2.24) is 9.97 Å². The minimum absolute atomic E-state index is 0.378. The van der Waals surface area contributed by atoms with E-state index in [0.717, 1.165) is 33.4 Å². The molecule has 4 heteroatoms. The highest BCUT2D eigenvalue weighted by Gasteiger charge is 2.06. The van der Waals surface area contributed by atoms with Crippen molar-refractivity contribution in [3.8, 4) is 0 Å². The molecule has 1 aromatic heterocycles. The molecule has 0 aliphatic carbocycles. The van der Waals surface area contributed by atoms with E-state index >= 15 is 0 Å². The highest BCUT2D eigenvalue weighted by atomic mass is 32.2. The molecule has 3 nitrogen and oxygen atoms in total. The molecular formula is C15H18N2OS. The molecule has 1 heterocycles. The lowest BCUT2D eigenvalue weighted by Crippen LogP contribution is -1.95. The normalized spacial score (nSPS) is 12.4. The van der Waals surface area contributed by atoms with Crippen molar-refractivity contribution >= 4 is 11.8 Å². The number of benzene rings is 1. The van der Waals surface area contributed by atoms with E-state index in [1.54, 1.807) is 11.8 Å². The summed E-state index contributed by atoms with van der Waals surface area (Å²) in [6.45, 7) is 5.91. The maximum Gasteiger partial charge on any atom is 0.192 e. The van der Waals surface area contributed by atoms with Crippen LogP contribution in [0.15, 0.2) is 40.4 Å². The Labute approximate surface area is 118 Å². The van der Waals surface area contributed by atoms with Crippen molar-refractivity contribution in [1.29, 1.82) is 0 Å². The molecule has 1 unspecified atom stereocenters. The zero-order valence-electron chi connectivity index (χ0n) is 11.4. The Morgan fingerprint density at radius 3 is 2.21 bits per heavy atom. The second kappa shape index (κ2) is 6.17. The van der Waals surface area contributed by atoms with Crippen LogP contribution in [0.5, 0.6) is 0 Å². The summed E-state index contributed by atoms with van der Waals surface area (Å²) in [4.78, 5) is 9.89. The van der Waals surface area contributed by atoms with Gasteiger partial charge in [0.1, 0.15) is 0 Å². The topological polar surface area (TPSA) is 46.0 Å². The number of nitrogens with zero attached hydrogens (tertiary/aromatic N) is 2. The van der Waals surface area contributed by atoms with E-state index in [9.17, 15) is 5.11 Å². The van der Waals surface area contributed by atoms with Gasteiger partial charge in [0, 0.05) is 16.3 Å². The van der Waals surface area contributed by atoms with Crippen LogP contribution >= 0.6 is 11.8 Å². The largest absolute Gasteiger partial charge is 0.388 e. The number of aryl methyl sites for hydroxylation is 2. The van der Waals surface area contributed by atoms with E-state index in [1.165, 1.54) is 0 Å². The third-order valence-corrected chi connectivity index (χ3v) is 3.70. The van der Waals surface area contributed by atoms with Crippen LogP contribution < -0.4 is 0 Å². The van der Waals surface area contributed by atoms with Crippen molar-refractivity contribution in [2.45, 2.75) is 43.3 Å². The lowest BCUT2D eigenvalue weighted by molar-refractivity contribution is 0.173. The summed E-state index contributed by atoms with van der Waals surface area (Å²) < 4.78 is 0. The van der Waals surface area contributed by atoms with Crippen LogP contribution in [0.25, 0.3) is 0 Å². The van der Waals surface area contributed by atoms with E-state index in [2.05, 4.69) is 9.97 Å². The minimum atomic E-state index is -0.378. The van der Waals surface area contributed by atoms with Crippen LogP contribution in [0.3, 0.4) is 0 Å². The van der Waals surface area contributed by atoms with Gasteiger partial charge in [-0.1, -0.05) is 19.1 Å². The van der Waals surface area contributed by atoms with Crippen LogP contribution in [0.1, 0.15) is 36.4 Å². The Balaban J connectivity index is 2.15. The van der Waals surface area contributed by atoms with Crippen LogP contribution in [-0.2, 0) is 0 Å². The Morgan fingerprint density at radius 1 is 1.11 bits per heavy atom. The first-order valence-electron chi connectivity index (χ1n) is 6.36. The molecule has 0 aliphatic heterocycles. The summed E-state index contributed by atoms with van der Waals surface area (Å²) in [6, 6.07) is 9.88. The zero-order chi connectivity index (χ0) is 13.8. The molecule has 1 N–H and O–H groups in total. The van der Waals surface area contributed by atoms with Crippen molar-refractivity contribution < 1.29 is 5.11 Å². The number of aromatic nitrogens is 2. The number of aliphatic hydroxyl groups is 1. The fourth-order valence-electron chi connectivity index (χ4n) is 1.84. The van der Waals surface area contributed by atoms with E-state index in [-0.39, 0.29) is 6.10 Å². The first-order valence-corrected chi connectivity index (χ1v) is 7.18. The Kier molecular flexibility index (Phi) is 4.56. The predicted molar refractivity (Wildman–Crippen MR) is 77.3 cm³/mol. The SMILES string of the molecule is CCC(O)c1ccc(Sc2nc(C)cc(C)n2)cc1. The predicted octanol–water partition coefficient (Wildman–Crippen LogP) is 3.69. The van der Waals surface area contributed by atoms with Crippen molar-refractivity contribution in [2.75, 3.05) is 0 Å². The summed E-state index contributed by atoms with van der Waals surface area (Å²) >= 11 is 1.54. The molecule has 0 bridgehead atoms. The van der Waals surface area contributed by atoms with Gasteiger partial charge in [-0.15, -0.1) is 0 Å². The molecule has 1 atom stereocenters. The molecular weight excluding hydrogens is 256 g/mol. The van der Waals surface area contributed by atoms with Gasteiger partial charge in [0.25, 0.3) is 0 Å². The molecule has 0 saturated carbocycles. The van der Waals surface area contributed by atoms with E-state index in [4.69, 9.17) is 0 Å². The molecule has 0 fully saturated rings. The van der Waals surface area contributed by atoms with Crippen LogP contribution in [0.4, 0.5) is 0 Å². The number of hydrogen-bond donors (Lipinski definition) is 1. The molecule has 2 rings (SSSR count). The monoisotopic (exact) mass is 274 g/mol. The number of aliphatic hydroxyl groups excluding tert-OH is 1. The molecule has 0 radical (unpaired) electrons. The van der Waals surface area contributed by atoms with Gasteiger partial charge in [-0.2, -0.15) is 0 Å². The van der Waals surface area contributed by atoms with Gasteiger partial charge in [-0.3, -0.25) is 0 Å². The summed E-state index contributed by atoms with van der Waals surface area (Å²) in [5.41, 5.74) is 2.91. The van der Waals surface area contributed by atoms with Crippen LogP contribution in [0, 0.1) is 13.8 Å². The molecule has 0 spiro atoms. The highest BCUT2D eigenvalue weighted by molar-refractivity contribution is 7.99. The van der Waals surface area contributed by atoms with Crippen LogP contribution in [0.2, 0.25) is 0 Å². The third kappa shape index (κ3) is 3.78. The maximum atomic E-state index is 9.75. The van der Waals surface area contributed by atoms with Gasteiger partial charge in [-0.05, 0) is 55.8 Å². The molecule has 1 aromatic carbocycles. The average Bonchev–Trinajstić information content (AvgIpc) is 2.37. The van der Waals surface area contributed by atoms with Gasteiger partial charge in [0.15, 0.2) is 5.16 Å². The van der Waals surface area contributed by atoms with Gasteiger partial charge >= 0.3 is 0 Å². The van der Waals surface area contributed by atoms with Gasteiger partial charge < -0.3 is 5.11 Å². The number of rotatable bonds is 4. The first kappa shape index (κ1) is 14.0. The van der Waals surface area contributed by atoms with E-state index in [0.29, 0.717) is 0 Å². The van der Waals surface area contributed by atoms with Crippen LogP contribution in [-0.4, -0.2) is 15.1 Å². The second-order valence-corrected chi connectivity index (χ2v) is 5.57. The summed E-state index contributed by atoms with van der Waals surface area (Å²) in [5.74, 6) is 0. The third-order valence-electron chi connectivity index (χ3n) is 2.82. The first-order chi connectivity index (χ1) is 9.08. The smallest absolute Gasteiger partial charge is 0.192 e. The minimum Gasteiger partial charge on any atom is -0.388 e. The maximum absolute atomic E-state index is 9.75. The Hall–Kier alpha value is -1.39. The fourth-order valence-corrected chi connectivity index (χ4v) is 2.70. The summed E-state index contributed by atoms with van der Waals surface area (Å²) in [5, 5.41) is 10.5. The van der Waals surface area contributed by atoms with Gasteiger partial charge in [0.05, 0.1) is 6.10 Å². The fraction of sp³-hybridized carbons (Fsp3) is 0.333. The standard InChI is InChI=1S/C15H18N2OS/c1-4-14(18)12-5-7-13(8-6-12)19-15-16-10(2)9-11(3)17-15/h5-9,14,18H,4H2,1-3H3. The Morgan fingerprint density at radius 2 is 1.68 bits per heavy atom. The Bertz CT molecular complexity index is 534. The van der Waals surface area contributed by atoms with Crippen molar-refractivity contribution in [2.24, 2.45) is 0 Å². The molecule has 19 heavy (non-hydrogen) atoms. The lowest BCUT2D eigenvalue weighted by Gasteiger charge is -2.08. The summed E-state index contributed by atoms with van der Waals surface area (Å²) in [6.07, 6.45) is 0.351. The molecule has 0 aliphatic rings.